The number of nitrogens with zero attached hydrogens (tertiary/aromatic N) is 3. The lowest BCUT2D eigenvalue weighted by molar-refractivity contribution is -0.116. The predicted molar refractivity (Wildman–Crippen MR) is 121 cm³/mol. The Morgan fingerprint density at radius 2 is 1.97 bits per heavy atom. The van der Waals surface area contributed by atoms with E-state index in [0.717, 1.165) is 5.39 Å². The van der Waals surface area contributed by atoms with E-state index < -0.39 is 11.5 Å². The first-order chi connectivity index (χ1) is 15.7. The third-order valence-corrected chi connectivity index (χ3v) is 5.89. The smallest absolute Gasteiger partial charge is 0.297 e. The van der Waals surface area contributed by atoms with E-state index in [-0.39, 0.29) is 12.1 Å². The van der Waals surface area contributed by atoms with Crippen LogP contribution in [0, 0.1) is 5.92 Å². The van der Waals surface area contributed by atoms with Gasteiger partial charge in [-0.1, -0.05) is 31.4 Å². The molecule has 4 aromatic rings. The molecule has 8 heteroatoms. The van der Waals surface area contributed by atoms with Crippen molar-refractivity contribution in [2.45, 2.75) is 38.6 Å². The van der Waals surface area contributed by atoms with Gasteiger partial charge in [0.1, 0.15) is 17.6 Å². The molecular formula is C24H24N4O4. The van der Waals surface area contributed by atoms with Crippen molar-refractivity contribution in [1.82, 2.24) is 14.5 Å². The van der Waals surface area contributed by atoms with Gasteiger partial charge in [0, 0.05) is 11.6 Å². The molecule has 0 radical (unpaired) electrons. The van der Waals surface area contributed by atoms with Gasteiger partial charge in [-0.05, 0) is 43.0 Å². The van der Waals surface area contributed by atoms with Crippen LogP contribution < -0.4 is 15.6 Å². The summed E-state index contributed by atoms with van der Waals surface area (Å²) in [5.41, 5.74) is 0.805. The number of carbonyl (C=O) groups is 1. The predicted octanol–water partition coefficient (Wildman–Crippen LogP) is 4.14. The Bertz CT molecular complexity index is 1320. The molecule has 0 spiro atoms. The van der Waals surface area contributed by atoms with Gasteiger partial charge in [-0.15, -0.1) is 0 Å². The molecular weight excluding hydrogens is 408 g/mol. The summed E-state index contributed by atoms with van der Waals surface area (Å²) in [5.74, 6) is 1.02. The van der Waals surface area contributed by atoms with Crippen molar-refractivity contribution < 1.29 is 13.9 Å². The molecule has 0 saturated heterocycles. The maximum absolute atomic E-state index is 12.8. The topological polar surface area (TPSA) is 99.2 Å². The fraction of sp³-hybridized carbons (Fsp3) is 0.333. The zero-order valence-electron chi connectivity index (χ0n) is 17.6. The van der Waals surface area contributed by atoms with E-state index in [1.54, 1.807) is 24.4 Å². The maximum atomic E-state index is 12.8. The van der Waals surface area contributed by atoms with E-state index in [9.17, 15) is 9.59 Å². The summed E-state index contributed by atoms with van der Waals surface area (Å²) in [4.78, 5) is 34.1. The molecule has 164 valence electrons. The number of aromatic nitrogens is 3. The summed E-state index contributed by atoms with van der Waals surface area (Å²) in [6.45, 7) is 0.401. The molecule has 32 heavy (non-hydrogen) atoms. The largest absolute Gasteiger partial charge is 0.489 e. The Morgan fingerprint density at radius 1 is 1.12 bits per heavy atom. The number of pyridine rings is 1. The lowest BCUT2D eigenvalue weighted by atomic mass is 9.90. The lowest BCUT2D eigenvalue weighted by Gasteiger charge is -2.22. The van der Waals surface area contributed by atoms with E-state index in [1.165, 1.54) is 43.0 Å². The Morgan fingerprint density at radius 3 is 2.84 bits per heavy atom. The van der Waals surface area contributed by atoms with Crippen LogP contribution in [0.25, 0.3) is 22.1 Å². The van der Waals surface area contributed by atoms with Crippen LogP contribution in [0.4, 0.5) is 5.82 Å². The highest BCUT2D eigenvalue weighted by Gasteiger charge is 2.17. The number of rotatable bonds is 6. The van der Waals surface area contributed by atoms with Crippen LogP contribution in [0.2, 0.25) is 0 Å². The number of para-hydroxylation sites is 1. The summed E-state index contributed by atoms with van der Waals surface area (Å²) in [6, 6.07) is 10.9. The van der Waals surface area contributed by atoms with Crippen LogP contribution in [0.3, 0.4) is 0 Å². The SMILES string of the molecule is O=C(Cn1cnc2c(oc3ccccc32)c1=O)Nc1ncccc1OCC1CCCCC1. The van der Waals surface area contributed by atoms with Gasteiger partial charge >= 0.3 is 0 Å². The van der Waals surface area contributed by atoms with Crippen LogP contribution >= 0.6 is 0 Å². The highest BCUT2D eigenvalue weighted by molar-refractivity contribution is 6.01. The molecule has 3 heterocycles. The minimum Gasteiger partial charge on any atom is -0.489 e. The molecule has 5 rings (SSSR count). The van der Waals surface area contributed by atoms with Crippen molar-refractivity contribution >= 4 is 33.8 Å². The Balaban J connectivity index is 1.31. The third-order valence-electron chi connectivity index (χ3n) is 5.89. The van der Waals surface area contributed by atoms with Crippen LogP contribution in [-0.4, -0.2) is 27.0 Å². The molecule has 0 aliphatic heterocycles. The van der Waals surface area contributed by atoms with E-state index in [1.807, 2.05) is 18.2 Å². The molecule has 3 aromatic heterocycles. The molecule has 1 amide bonds. The Hall–Kier alpha value is -3.68. The van der Waals surface area contributed by atoms with E-state index in [0.29, 0.717) is 35.2 Å². The monoisotopic (exact) mass is 432 g/mol. The van der Waals surface area contributed by atoms with E-state index >= 15 is 0 Å². The van der Waals surface area contributed by atoms with Gasteiger partial charge in [0.2, 0.25) is 11.5 Å². The normalized spacial score (nSPS) is 14.6. The Labute approximate surface area is 184 Å². The first-order valence-corrected chi connectivity index (χ1v) is 10.9. The molecule has 1 aliphatic rings. The number of ether oxygens (including phenoxy) is 1. The molecule has 1 saturated carbocycles. The van der Waals surface area contributed by atoms with Crippen molar-refractivity contribution in [2.24, 2.45) is 5.92 Å². The van der Waals surface area contributed by atoms with Crippen molar-refractivity contribution in [2.75, 3.05) is 11.9 Å². The summed E-state index contributed by atoms with van der Waals surface area (Å²) in [6.07, 6.45) is 9.07. The first kappa shape index (κ1) is 20.2. The second kappa shape index (κ2) is 8.82. The van der Waals surface area contributed by atoms with Crippen molar-refractivity contribution in [3.63, 3.8) is 0 Å². The number of hydrogen-bond donors (Lipinski definition) is 1. The lowest BCUT2D eigenvalue weighted by Crippen LogP contribution is -2.28. The average Bonchev–Trinajstić information content (AvgIpc) is 3.21. The van der Waals surface area contributed by atoms with Crippen LogP contribution in [0.5, 0.6) is 5.75 Å². The molecule has 1 aliphatic carbocycles. The van der Waals surface area contributed by atoms with Gasteiger partial charge in [0.05, 0.1) is 12.9 Å². The standard InChI is InChI=1S/C24H24N4O4/c29-20(27-23-19(11-6-12-25-23)31-14-16-7-2-1-3-8-16)13-28-15-26-21-17-9-4-5-10-18(17)32-22(21)24(28)30/h4-6,9-12,15-16H,1-3,7-8,13-14H2,(H,25,27,29). The fourth-order valence-electron chi connectivity index (χ4n) is 4.22. The minimum atomic E-state index is -0.406. The molecule has 0 bridgehead atoms. The van der Waals surface area contributed by atoms with Gasteiger partial charge in [0.15, 0.2) is 11.6 Å². The summed E-state index contributed by atoms with van der Waals surface area (Å²) < 4.78 is 12.9. The van der Waals surface area contributed by atoms with Crippen molar-refractivity contribution in [3.05, 3.63) is 59.3 Å². The zero-order valence-corrected chi connectivity index (χ0v) is 17.6. The number of furan rings is 1. The second-order valence-electron chi connectivity index (χ2n) is 8.17. The van der Waals surface area contributed by atoms with Crippen LogP contribution in [-0.2, 0) is 11.3 Å². The molecule has 8 nitrogen and oxygen atoms in total. The van der Waals surface area contributed by atoms with E-state index in [2.05, 4.69) is 15.3 Å². The van der Waals surface area contributed by atoms with Gasteiger partial charge in [0.25, 0.3) is 5.56 Å². The summed E-state index contributed by atoms with van der Waals surface area (Å²) in [7, 11) is 0. The minimum absolute atomic E-state index is 0.135. The van der Waals surface area contributed by atoms with Gasteiger partial charge in [-0.25, -0.2) is 9.97 Å². The van der Waals surface area contributed by atoms with Gasteiger partial charge < -0.3 is 14.5 Å². The number of amides is 1. The Kier molecular flexibility index (Phi) is 5.58. The molecule has 1 N–H and O–H groups in total. The van der Waals surface area contributed by atoms with Gasteiger partial charge in [-0.2, -0.15) is 0 Å². The third kappa shape index (κ3) is 4.08. The average molecular weight is 432 g/mol. The van der Waals surface area contributed by atoms with Crippen molar-refractivity contribution in [1.29, 1.82) is 0 Å². The number of carbonyl (C=O) groups excluding carboxylic acids is 1. The number of fused-ring (bicyclic) bond motifs is 3. The maximum Gasteiger partial charge on any atom is 0.297 e. The second-order valence-corrected chi connectivity index (χ2v) is 8.17. The molecule has 1 fully saturated rings. The van der Waals surface area contributed by atoms with E-state index in [4.69, 9.17) is 9.15 Å². The fourth-order valence-corrected chi connectivity index (χ4v) is 4.22. The van der Waals surface area contributed by atoms with Crippen LogP contribution in [0.15, 0.2) is 58.1 Å². The summed E-state index contributed by atoms with van der Waals surface area (Å²) >= 11 is 0. The summed E-state index contributed by atoms with van der Waals surface area (Å²) in [5, 5.41) is 3.52. The number of benzene rings is 1. The molecule has 0 unspecified atom stereocenters. The number of nitrogens with one attached hydrogen (secondary N) is 1. The molecule has 1 aromatic carbocycles. The van der Waals surface area contributed by atoms with Gasteiger partial charge in [-0.3, -0.25) is 14.2 Å². The van der Waals surface area contributed by atoms with Crippen molar-refractivity contribution in [3.8, 4) is 5.75 Å². The zero-order chi connectivity index (χ0) is 21.9. The number of anilines is 1. The quantitative estimate of drug-likeness (QED) is 0.492. The highest BCUT2D eigenvalue weighted by Crippen LogP contribution is 2.27. The number of hydrogen-bond acceptors (Lipinski definition) is 6. The molecule has 0 atom stereocenters. The highest BCUT2D eigenvalue weighted by atomic mass is 16.5. The van der Waals surface area contributed by atoms with Crippen LogP contribution in [0.1, 0.15) is 32.1 Å². The first-order valence-electron chi connectivity index (χ1n) is 10.9.